The Kier molecular flexibility index (Phi) is 3.81. The van der Waals surface area contributed by atoms with Gasteiger partial charge in [0.25, 0.3) is 0 Å². The maximum absolute atomic E-state index is 6.07. The fourth-order valence-electron chi connectivity index (χ4n) is 3.63. The van der Waals surface area contributed by atoms with E-state index in [9.17, 15) is 0 Å². The minimum atomic E-state index is 0.310. The van der Waals surface area contributed by atoms with Gasteiger partial charge in [0.15, 0.2) is 0 Å². The standard InChI is InChI=1S/C17H22N4OS/c1-13-6-14(20(2)19-13)9-21-11-17(12-21)7-16(10-23-17)22-15-4-3-5-18-8-15/h3-6,8,16H,7,9-12H2,1-2H3. The summed E-state index contributed by atoms with van der Waals surface area (Å²) in [6.07, 6.45) is 5.02. The van der Waals surface area contributed by atoms with Crippen LogP contribution in [0.4, 0.5) is 0 Å². The molecule has 2 saturated heterocycles. The fourth-order valence-corrected chi connectivity index (χ4v) is 5.21. The average molecular weight is 330 g/mol. The molecule has 2 aliphatic rings. The predicted molar refractivity (Wildman–Crippen MR) is 91.7 cm³/mol. The average Bonchev–Trinajstić information content (AvgIpc) is 3.04. The molecule has 1 spiro atoms. The van der Waals surface area contributed by atoms with E-state index in [-0.39, 0.29) is 0 Å². The van der Waals surface area contributed by atoms with Crippen molar-refractivity contribution in [1.82, 2.24) is 19.7 Å². The molecule has 4 rings (SSSR count). The van der Waals surface area contributed by atoms with Gasteiger partial charge in [0, 0.05) is 49.8 Å². The Bertz CT molecular complexity index is 681. The summed E-state index contributed by atoms with van der Waals surface area (Å²) < 4.78 is 8.45. The van der Waals surface area contributed by atoms with E-state index in [1.165, 1.54) is 5.69 Å². The van der Waals surface area contributed by atoms with Crippen LogP contribution in [0.5, 0.6) is 5.75 Å². The van der Waals surface area contributed by atoms with Crippen LogP contribution in [0.3, 0.4) is 0 Å². The fraction of sp³-hybridized carbons (Fsp3) is 0.529. The number of nitrogens with zero attached hydrogens (tertiary/aromatic N) is 4. The molecule has 0 N–H and O–H groups in total. The predicted octanol–water partition coefficient (Wildman–Crippen LogP) is 2.26. The zero-order chi connectivity index (χ0) is 15.9. The lowest BCUT2D eigenvalue weighted by atomic mass is 9.93. The van der Waals surface area contributed by atoms with E-state index in [0.29, 0.717) is 10.9 Å². The molecular formula is C17H22N4OS. The highest BCUT2D eigenvalue weighted by molar-refractivity contribution is 8.01. The van der Waals surface area contributed by atoms with Gasteiger partial charge in [-0.3, -0.25) is 14.6 Å². The van der Waals surface area contributed by atoms with Crippen LogP contribution in [0.2, 0.25) is 0 Å². The topological polar surface area (TPSA) is 43.2 Å². The molecule has 0 aromatic carbocycles. The normalized spacial score (nSPS) is 23.1. The SMILES string of the molecule is Cc1cc(CN2CC3(CC(Oc4cccnc4)CS3)C2)n(C)n1. The second-order valence-corrected chi connectivity index (χ2v) is 8.16. The Hall–Kier alpha value is -1.53. The molecule has 2 aromatic rings. The number of rotatable bonds is 4. The highest BCUT2D eigenvalue weighted by Crippen LogP contribution is 2.46. The first kappa shape index (κ1) is 15.0. The second kappa shape index (κ2) is 5.83. The number of likely N-dealkylation sites (tertiary alicyclic amines) is 1. The van der Waals surface area contributed by atoms with E-state index in [1.807, 2.05) is 30.8 Å². The molecule has 4 heterocycles. The van der Waals surface area contributed by atoms with E-state index in [2.05, 4.69) is 32.8 Å². The lowest BCUT2D eigenvalue weighted by Crippen LogP contribution is -2.58. The monoisotopic (exact) mass is 330 g/mol. The van der Waals surface area contributed by atoms with Gasteiger partial charge in [-0.2, -0.15) is 5.10 Å². The van der Waals surface area contributed by atoms with Crippen molar-refractivity contribution >= 4 is 11.8 Å². The second-order valence-electron chi connectivity index (χ2n) is 6.67. The van der Waals surface area contributed by atoms with E-state index in [4.69, 9.17) is 4.74 Å². The summed E-state index contributed by atoms with van der Waals surface area (Å²) in [6.45, 7) is 5.34. The summed E-state index contributed by atoms with van der Waals surface area (Å²) >= 11 is 2.07. The molecule has 5 nitrogen and oxygen atoms in total. The van der Waals surface area contributed by atoms with Crippen molar-refractivity contribution < 1.29 is 4.74 Å². The van der Waals surface area contributed by atoms with Crippen LogP contribution in [-0.4, -0.2) is 49.4 Å². The third kappa shape index (κ3) is 3.10. The minimum Gasteiger partial charge on any atom is -0.488 e. The molecule has 1 atom stereocenters. The number of aryl methyl sites for hydroxylation is 2. The lowest BCUT2D eigenvalue weighted by Gasteiger charge is -2.47. The molecule has 0 amide bonds. The first-order valence-electron chi connectivity index (χ1n) is 8.04. The largest absolute Gasteiger partial charge is 0.488 e. The van der Waals surface area contributed by atoms with E-state index < -0.39 is 0 Å². The van der Waals surface area contributed by atoms with Crippen molar-refractivity contribution in [1.29, 1.82) is 0 Å². The maximum atomic E-state index is 6.07. The summed E-state index contributed by atoms with van der Waals surface area (Å²) in [5.74, 6) is 1.96. The van der Waals surface area contributed by atoms with Gasteiger partial charge >= 0.3 is 0 Å². The van der Waals surface area contributed by atoms with Crippen molar-refractivity contribution in [3.63, 3.8) is 0 Å². The summed E-state index contributed by atoms with van der Waals surface area (Å²) in [7, 11) is 2.03. The number of pyridine rings is 1. The number of ether oxygens (including phenoxy) is 1. The number of aromatic nitrogens is 3. The number of hydrogen-bond donors (Lipinski definition) is 0. The first-order chi connectivity index (χ1) is 11.1. The maximum Gasteiger partial charge on any atom is 0.138 e. The third-order valence-electron chi connectivity index (χ3n) is 4.62. The molecule has 1 unspecified atom stereocenters. The van der Waals surface area contributed by atoms with Crippen LogP contribution >= 0.6 is 11.8 Å². The Morgan fingerprint density at radius 3 is 3.00 bits per heavy atom. The van der Waals surface area contributed by atoms with Crippen molar-refractivity contribution in [3.05, 3.63) is 42.0 Å². The van der Waals surface area contributed by atoms with E-state index in [0.717, 1.165) is 43.3 Å². The Labute approximate surface area is 141 Å². The summed E-state index contributed by atoms with van der Waals surface area (Å²) in [4.78, 5) is 6.63. The highest BCUT2D eigenvalue weighted by atomic mass is 32.2. The minimum absolute atomic E-state index is 0.310. The van der Waals surface area contributed by atoms with Gasteiger partial charge < -0.3 is 4.74 Å². The van der Waals surface area contributed by atoms with Crippen LogP contribution < -0.4 is 4.74 Å². The van der Waals surface area contributed by atoms with Crippen LogP contribution in [0.1, 0.15) is 17.8 Å². The van der Waals surface area contributed by atoms with Gasteiger partial charge in [0.05, 0.1) is 17.6 Å². The van der Waals surface area contributed by atoms with Gasteiger partial charge in [-0.25, -0.2) is 0 Å². The molecular weight excluding hydrogens is 308 g/mol. The summed E-state index contributed by atoms with van der Waals surface area (Å²) in [6, 6.07) is 6.09. The zero-order valence-electron chi connectivity index (χ0n) is 13.6. The third-order valence-corrected chi connectivity index (χ3v) is 6.20. The van der Waals surface area contributed by atoms with Crippen molar-refractivity contribution in [2.75, 3.05) is 18.8 Å². The molecule has 0 aliphatic carbocycles. The van der Waals surface area contributed by atoms with Crippen molar-refractivity contribution in [3.8, 4) is 5.75 Å². The van der Waals surface area contributed by atoms with Crippen LogP contribution in [0.25, 0.3) is 0 Å². The Morgan fingerprint density at radius 1 is 1.43 bits per heavy atom. The summed E-state index contributed by atoms with van der Waals surface area (Å²) in [5, 5.41) is 4.43. The number of hydrogen-bond acceptors (Lipinski definition) is 5. The molecule has 2 aromatic heterocycles. The van der Waals surface area contributed by atoms with Gasteiger partial charge in [0.1, 0.15) is 11.9 Å². The molecule has 0 radical (unpaired) electrons. The van der Waals surface area contributed by atoms with Crippen molar-refractivity contribution in [2.45, 2.75) is 30.7 Å². The first-order valence-corrected chi connectivity index (χ1v) is 9.03. The van der Waals surface area contributed by atoms with Crippen molar-refractivity contribution in [2.24, 2.45) is 7.05 Å². The van der Waals surface area contributed by atoms with E-state index in [1.54, 1.807) is 12.4 Å². The lowest BCUT2D eigenvalue weighted by molar-refractivity contribution is 0.0897. The molecule has 6 heteroatoms. The molecule has 2 fully saturated rings. The number of thioether (sulfide) groups is 1. The van der Waals surface area contributed by atoms with Gasteiger partial charge in [-0.15, -0.1) is 11.8 Å². The van der Waals surface area contributed by atoms with Gasteiger partial charge in [-0.1, -0.05) is 0 Å². The Morgan fingerprint density at radius 2 is 2.30 bits per heavy atom. The zero-order valence-corrected chi connectivity index (χ0v) is 14.4. The van der Waals surface area contributed by atoms with Crippen LogP contribution in [0.15, 0.2) is 30.6 Å². The quantitative estimate of drug-likeness (QED) is 0.860. The molecule has 2 aliphatic heterocycles. The molecule has 0 saturated carbocycles. The Balaban J connectivity index is 1.30. The molecule has 0 bridgehead atoms. The van der Waals surface area contributed by atoms with Gasteiger partial charge in [-0.05, 0) is 25.1 Å². The van der Waals surface area contributed by atoms with Crippen LogP contribution in [-0.2, 0) is 13.6 Å². The van der Waals surface area contributed by atoms with Crippen LogP contribution in [0, 0.1) is 6.92 Å². The highest BCUT2D eigenvalue weighted by Gasteiger charge is 2.49. The van der Waals surface area contributed by atoms with E-state index >= 15 is 0 Å². The smallest absolute Gasteiger partial charge is 0.138 e. The van der Waals surface area contributed by atoms with Gasteiger partial charge in [0.2, 0.25) is 0 Å². The molecule has 23 heavy (non-hydrogen) atoms. The summed E-state index contributed by atoms with van der Waals surface area (Å²) in [5.41, 5.74) is 2.39. The molecule has 122 valence electrons.